The molecule has 4 amide bonds. The van der Waals surface area contributed by atoms with Crippen LogP contribution in [0.2, 0.25) is 5.02 Å². The average molecular weight is 546 g/mol. The van der Waals surface area contributed by atoms with E-state index in [1.54, 1.807) is 19.1 Å². The molecule has 0 radical (unpaired) electrons. The Balaban J connectivity index is 1.67. The highest BCUT2D eigenvalue weighted by atomic mass is 35.5. The number of benzene rings is 3. The molecule has 3 aromatic carbocycles. The first-order valence-electron chi connectivity index (χ1n) is 10.7. The summed E-state index contributed by atoms with van der Waals surface area (Å²) in [6, 6.07) is 11.0. The summed E-state index contributed by atoms with van der Waals surface area (Å²) in [5.41, 5.74) is -1.58. The molecule has 4 rings (SSSR count). The van der Waals surface area contributed by atoms with E-state index in [0.29, 0.717) is 17.7 Å². The van der Waals surface area contributed by atoms with Crippen molar-refractivity contribution in [2.75, 3.05) is 4.90 Å². The molecule has 1 fully saturated rings. The third kappa shape index (κ3) is 5.34. The molecule has 1 saturated heterocycles. The van der Waals surface area contributed by atoms with E-state index < -0.39 is 51.5 Å². The lowest BCUT2D eigenvalue weighted by molar-refractivity contribution is -0.385. The summed E-state index contributed by atoms with van der Waals surface area (Å²) in [5.74, 6) is -2.36. The van der Waals surface area contributed by atoms with E-state index >= 15 is 0 Å². The van der Waals surface area contributed by atoms with E-state index in [9.17, 15) is 37.7 Å². The van der Waals surface area contributed by atoms with Gasteiger partial charge in [-0.1, -0.05) is 29.8 Å². The number of anilines is 1. The lowest BCUT2D eigenvalue weighted by Crippen LogP contribution is -2.54. The van der Waals surface area contributed by atoms with Crippen molar-refractivity contribution >= 4 is 46.9 Å². The van der Waals surface area contributed by atoms with Crippen LogP contribution in [-0.4, -0.2) is 22.8 Å². The number of alkyl halides is 3. The lowest BCUT2D eigenvalue weighted by Gasteiger charge is -2.27. The fourth-order valence-electron chi connectivity index (χ4n) is 3.58. The number of barbiturate groups is 1. The number of amides is 4. The van der Waals surface area contributed by atoms with Gasteiger partial charge in [0.2, 0.25) is 5.75 Å². The van der Waals surface area contributed by atoms with E-state index in [1.807, 2.05) is 0 Å². The predicted octanol–water partition coefficient (Wildman–Crippen LogP) is 6.03. The Hall–Kier alpha value is -4.71. The molecule has 38 heavy (non-hydrogen) atoms. The molecular formula is C25H15ClF3N3O6. The average Bonchev–Trinajstić information content (AvgIpc) is 2.83. The van der Waals surface area contributed by atoms with Crippen LogP contribution in [0.25, 0.3) is 6.08 Å². The van der Waals surface area contributed by atoms with Crippen molar-refractivity contribution in [2.24, 2.45) is 0 Å². The van der Waals surface area contributed by atoms with Crippen molar-refractivity contribution in [2.45, 2.75) is 13.1 Å². The van der Waals surface area contributed by atoms with Crippen LogP contribution in [-0.2, 0) is 15.8 Å². The molecule has 1 heterocycles. The van der Waals surface area contributed by atoms with Crippen LogP contribution in [0.1, 0.15) is 16.7 Å². The van der Waals surface area contributed by atoms with Crippen LogP contribution >= 0.6 is 11.6 Å². The van der Waals surface area contributed by atoms with Crippen LogP contribution in [0.5, 0.6) is 11.5 Å². The Morgan fingerprint density at radius 1 is 1.05 bits per heavy atom. The number of imide groups is 2. The Kier molecular flexibility index (Phi) is 6.92. The fourth-order valence-corrected chi connectivity index (χ4v) is 3.75. The third-order valence-electron chi connectivity index (χ3n) is 5.39. The van der Waals surface area contributed by atoms with Crippen molar-refractivity contribution in [3.63, 3.8) is 0 Å². The van der Waals surface area contributed by atoms with Gasteiger partial charge in [-0.15, -0.1) is 0 Å². The predicted molar refractivity (Wildman–Crippen MR) is 130 cm³/mol. The molecular weight excluding hydrogens is 531 g/mol. The molecule has 0 spiro atoms. The molecule has 0 atom stereocenters. The number of hydrogen-bond donors (Lipinski definition) is 1. The second kappa shape index (κ2) is 9.98. The van der Waals surface area contributed by atoms with Crippen molar-refractivity contribution in [3.05, 3.63) is 98.1 Å². The fraction of sp³-hybridized carbons (Fsp3) is 0.0800. The van der Waals surface area contributed by atoms with E-state index in [1.165, 1.54) is 36.4 Å². The normalized spacial score (nSPS) is 15.0. The number of hydrogen-bond acceptors (Lipinski definition) is 6. The standard InChI is InChI=1S/C25H15ClF3N3O6/c1-13-5-7-16(26)12-19(13)31-23(34)18(22(33)30-24(31)35)10-14-3-2-4-17(9-14)38-21-8-6-15(25(27,28)29)11-20(21)32(36)37/h2-12H,1H3,(H,30,33,35)/b18-10-. The molecule has 13 heteroatoms. The summed E-state index contributed by atoms with van der Waals surface area (Å²) in [4.78, 5) is 49.2. The van der Waals surface area contributed by atoms with Crippen molar-refractivity contribution in [1.29, 1.82) is 0 Å². The van der Waals surface area contributed by atoms with Gasteiger partial charge in [0.1, 0.15) is 11.3 Å². The zero-order valence-corrected chi connectivity index (χ0v) is 20.0. The number of urea groups is 1. The molecule has 1 aliphatic heterocycles. The number of nitrogens with zero attached hydrogens (tertiary/aromatic N) is 2. The minimum absolute atomic E-state index is 0.0236. The first-order chi connectivity index (χ1) is 17.8. The third-order valence-corrected chi connectivity index (χ3v) is 5.63. The van der Waals surface area contributed by atoms with Gasteiger partial charge in [0, 0.05) is 11.1 Å². The number of nitrogens with one attached hydrogen (secondary N) is 1. The lowest BCUT2D eigenvalue weighted by atomic mass is 10.1. The van der Waals surface area contributed by atoms with Gasteiger partial charge in [-0.05, 0) is 60.5 Å². The zero-order chi connectivity index (χ0) is 27.8. The number of nitro groups is 1. The molecule has 0 saturated carbocycles. The number of ether oxygens (including phenoxy) is 1. The van der Waals surface area contributed by atoms with Gasteiger partial charge >= 0.3 is 17.9 Å². The number of aryl methyl sites for hydroxylation is 1. The van der Waals surface area contributed by atoms with E-state index in [-0.39, 0.29) is 22.0 Å². The largest absolute Gasteiger partial charge is 0.450 e. The maximum absolute atomic E-state index is 13.2. The van der Waals surface area contributed by atoms with Gasteiger partial charge in [0.15, 0.2) is 0 Å². The molecule has 9 nitrogen and oxygen atoms in total. The second-order valence-corrected chi connectivity index (χ2v) is 8.44. The van der Waals surface area contributed by atoms with Gasteiger partial charge < -0.3 is 4.74 Å². The van der Waals surface area contributed by atoms with Gasteiger partial charge in [-0.3, -0.25) is 25.0 Å². The number of nitro benzene ring substituents is 1. The second-order valence-electron chi connectivity index (χ2n) is 8.00. The summed E-state index contributed by atoms with van der Waals surface area (Å²) in [6.45, 7) is 1.65. The smallest absolute Gasteiger partial charge is 0.416 e. The Morgan fingerprint density at radius 3 is 2.47 bits per heavy atom. The molecule has 0 aromatic heterocycles. The van der Waals surface area contributed by atoms with E-state index in [2.05, 4.69) is 5.32 Å². The van der Waals surface area contributed by atoms with Crippen LogP contribution in [0, 0.1) is 17.0 Å². The quantitative estimate of drug-likeness (QED) is 0.181. The van der Waals surface area contributed by atoms with Gasteiger partial charge in [0.25, 0.3) is 11.8 Å². The minimum Gasteiger partial charge on any atom is -0.450 e. The monoisotopic (exact) mass is 545 g/mol. The summed E-state index contributed by atoms with van der Waals surface area (Å²) in [6.07, 6.45) is -3.62. The number of carbonyl (C=O) groups is 3. The first-order valence-corrected chi connectivity index (χ1v) is 11.0. The van der Waals surface area contributed by atoms with Crippen LogP contribution in [0.4, 0.5) is 29.3 Å². The van der Waals surface area contributed by atoms with E-state index in [4.69, 9.17) is 16.3 Å². The van der Waals surface area contributed by atoms with Gasteiger partial charge in [-0.25, -0.2) is 9.69 Å². The topological polar surface area (TPSA) is 119 Å². The van der Waals surface area contributed by atoms with Gasteiger partial charge in [-0.2, -0.15) is 13.2 Å². The molecule has 3 aromatic rings. The van der Waals surface area contributed by atoms with Crippen LogP contribution in [0.15, 0.2) is 66.2 Å². The Labute approximate surface area is 217 Å². The molecule has 0 unspecified atom stereocenters. The zero-order valence-electron chi connectivity index (χ0n) is 19.2. The molecule has 0 bridgehead atoms. The summed E-state index contributed by atoms with van der Waals surface area (Å²) >= 11 is 6.01. The first kappa shape index (κ1) is 26.4. The van der Waals surface area contributed by atoms with Crippen molar-refractivity contribution in [3.8, 4) is 11.5 Å². The van der Waals surface area contributed by atoms with Crippen molar-refractivity contribution in [1.82, 2.24) is 5.32 Å². The Morgan fingerprint density at radius 2 is 1.79 bits per heavy atom. The molecule has 1 N–H and O–H groups in total. The SMILES string of the molecule is Cc1ccc(Cl)cc1N1C(=O)NC(=O)/C(=C/c2cccc(Oc3ccc(C(F)(F)F)cc3[N+](=O)[O-])c2)C1=O. The number of carbonyl (C=O) groups excluding carboxylic acids is 3. The summed E-state index contributed by atoms with van der Waals surface area (Å²) in [7, 11) is 0. The maximum Gasteiger partial charge on any atom is 0.416 e. The summed E-state index contributed by atoms with van der Waals surface area (Å²) < 4.78 is 44.4. The minimum atomic E-state index is -4.79. The molecule has 1 aliphatic rings. The molecule has 194 valence electrons. The molecule has 0 aliphatic carbocycles. The Bertz CT molecular complexity index is 1540. The van der Waals surface area contributed by atoms with E-state index in [0.717, 1.165) is 11.0 Å². The number of halogens is 4. The van der Waals surface area contributed by atoms with Crippen LogP contribution < -0.4 is 15.0 Å². The highest BCUT2D eigenvalue weighted by molar-refractivity contribution is 6.39. The van der Waals surface area contributed by atoms with Gasteiger partial charge in [0.05, 0.1) is 16.2 Å². The highest BCUT2D eigenvalue weighted by Gasteiger charge is 2.37. The highest BCUT2D eigenvalue weighted by Crippen LogP contribution is 2.38. The maximum atomic E-state index is 13.2. The van der Waals surface area contributed by atoms with Crippen molar-refractivity contribution < 1.29 is 37.2 Å². The number of rotatable bonds is 5. The van der Waals surface area contributed by atoms with Crippen LogP contribution in [0.3, 0.4) is 0 Å². The summed E-state index contributed by atoms with van der Waals surface area (Å²) in [5, 5.41) is 13.7.